The molecular formula is C10H12N4OS. The first-order valence-electron chi connectivity index (χ1n) is 4.93. The van der Waals surface area contributed by atoms with Crippen molar-refractivity contribution in [1.29, 1.82) is 0 Å². The van der Waals surface area contributed by atoms with Gasteiger partial charge in [-0.3, -0.25) is 4.79 Å². The molecule has 0 atom stereocenters. The standard InChI is InChI=1S/C10H12N4OS/c1-6-4-8(15)7(5-12-6)10-14-13-9(16-10)2-3-11/h4-5H,2-3,11H2,1H3,(H,12,15). The molecular weight excluding hydrogens is 224 g/mol. The summed E-state index contributed by atoms with van der Waals surface area (Å²) in [5.74, 6) is 0. The van der Waals surface area contributed by atoms with Crippen molar-refractivity contribution >= 4 is 11.3 Å². The molecule has 3 N–H and O–H groups in total. The molecule has 0 fully saturated rings. The van der Waals surface area contributed by atoms with E-state index in [9.17, 15) is 4.79 Å². The number of nitrogens with zero attached hydrogens (tertiary/aromatic N) is 2. The molecule has 2 rings (SSSR count). The molecule has 0 aliphatic heterocycles. The molecule has 0 unspecified atom stereocenters. The van der Waals surface area contributed by atoms with Crippen molar-refractivity contribution in [2.75, 3.05) is 6.54 Å². The Labute approximate surface area is 96.4 Å². The third-order valence-electron chi connectivity index (χ3n) is 2.11. The fourth-order valence-electron chi connectivity index (χ4n) is 1.33. The molecule has 0 aromatic carbocycles. The number of aromatic nitrogens is 3. The highest BCUT2D eigenvalue weighted by Gasteiger charge is 2.09. The van der Waals surface area contributed by atoms with Crippen LogP contribution < -0.4 is 11.2 Å². The fourth-order valence-corrected chi connectivity index (χ4v) is 2.20. The van der Waals surface area contributed by atoms with Crippen molar-refractivity contribution in [1.82, 2.24) is 15.2 Å². The number of aromatic amines is 1. The van der Waals surface area contributed by atoms with E-state index in [1.807, 2.05) is 6.92 Å². The Balaban J connectivity index is 2.39. The van der Waals surface area contributed by atoms with Gasteiger partial charge in [0.25, 0.3) is 0 Å². The maximum absolute atomic E-state index is 11.7. The first-order valence-corrected chi connectivity index (χ1v) is 5.74. The lowest BCUT2D eigenvalue weighted by Crippen LogP contribution is -2.04. The van der Waals surface area contributed by atoms with Crippen LogP contribution in [0.15, 0.2) is 17.1 Å². The number of nitrogens with two attached hydrogens (primary N) is 1. The Kier molecular flexibility index (Phi) is 3.12. The smallest absolute Gasteiger partial charge is 0.192 e. The molecule has 6 heteroatoms. The van der Waals surface area contributed by atoms with E-state index in [2.05, 4.69) is 15.2 Å². The Morgan fingerprint density at radius 1 is 1.50 bits per heavy atom. The first kappa shape index (κ1) is 11.0. The average Bonchev–Trinajstić information content (AvgIpc) is 2.67. The van der Waals surface area contributed by atoms with Gasteiger partial charge in [-0.05, 0) is 13.5 Å². The number of pyridine rings is 1. The zero-order chi connectivity index (χ0) is 11.5. The number of aryl methyl sites for hydroxylation is 1. The van der Waals surface area contributed by atoms with E-state index in [-0.39, 0.29) is 5.43 Å². The van der Waals surface area contributed by atoms with Gasteiger partial charge in [-0.25, -0.2) is 0 Å². The van der Waals surface area contributed by atoms with Crippen LogP contribution in [-0.2, 0) is 6.42 Å². The lowest BCUT2D eigenvalue weighted by atomic mass is 10.2. The van der Waals surface area contributed by atoms with Gasteiger partial charge in [-0.1, -0.05) is 11.3 Å². The molecule has 84 valence electrons. The molecule has 2 heterocycles. The summed E-state index contributed by atoms with van der Waals surface area (Å²) in [4.78, 5) is 14.7. The minimum atomic E-state index is -0.0355. The molecule has 2 aromatic rings. The van der Waals surface area contributed by atoms with E-state index in [1.165, 1.54) is 11.3 Å². The largest absolute Gasteiger partial charge is 0.364 e. The van der Waals surface area contributed by atoms with Crippen molar-refractivity contribution in [3.8, 4) is 10.6 Å². The van der Waals surface area contributed by atoms with Crippen molar-refractivity contribution in [3.05, 3.63) is 33.2 Å². The SMILES string of the molecule is Cc1cc(=O)c(-c2nnc(CCN)s2)c[nH]1. The highest BCUT2D eigenvalue weighted by molar-refractivity contribution is 7.14. The molecule has 0 amide bonds. The topological polar surface area (TPSA) is 84.7 Å². The monoisotopic (exact) mass is 236 g/mol. The third-order valence-corrected chi connectivity index (χ3v) is 3.13. The second-order valence-electron chi connectivity index (χ2n) is 3.43. The fraction of sp³-hybridized carbons (Fsp3) is 0.300. The maximum atomic E-state index is 11.7. The normalized spacial score (nSPS) is 10.6. The highest BCUT2D eigenvalue weighted by atomic mass is 32.1. The van der Waals surface area contributed by atoms with E-state index in [1.54, 1.807) is 12.3 Å². The number of H-pyrrole nitrogens is 1. The molecule has 0 spiro atoms. The van der Waals surface area contributed by atoms with E-state index in [0.29, 0.717) is 23.5 Å². The van der Waals surface area contributed by atoms with Crippen LogP contribution in [0.4, 0.5) is 0 Å². The van der Waals surface area contributed by atoms with Gasteiger partial charge in [0.2, 0.25) is 0 Å². The Morgan fingerprint density at radius 3 is 3.00 bits per heavy atom. The summed E-state index contributed by atoms with van der Waals surface area (Å²) in [6.07, 6.45) is 2.37. The number of hydrogen-bond donors (Lipinski definition) is 2. The highest BCUT2D eigenvalue weighted by Crippen LogP contribution is 2.19. The van der Waals surface area contributed by atoms with Gasteiger partial charge in [-0.15, -0.1) is 10.2 Å². The van der Waals surface area contributed by atoms with Gasteiger partial charge in [0.1, 0.15) is 5.01 Å². The molecule has 0 aliphatic carbocycles. The zero-order valence-corrected chi connectivity index (χ0v) is 9.67. The van der Waals surface area contributed by atoms with E-state index >= 15 is 0 Å². The van der Waals surface area contributed by atoms with Crippen LogP contribution in [0.2, 0.25) is 0 Å². The minimum Gasteiger partial charge on any atom is -0.364 e. The van der Waals surface area contributed by atoms with Gasteiger partial charge >= 0.3 is 0 Å². The predicted molar refractivity (Wildman–Crippen MR) is 63.5 cm³/mol. The van der Waals surface area contributed by atoms with Gasteiger partial charge in [0.15, 0.2) is 10.4 Å². The summed E-state index contributed by atoms with van der Waals surface area (Å²) in [5.41, 5.74) is 6.79. The van der Waals surface area contributed by atoms with Crippen molar-refractivity contribution in [3.63, 3.8) is 0 Å². The van der Waals surface area contributed by atoms with Crippen molar-refractivity contribution in [2.45, 2.75) is 13.3 Å². The van der Waals surface area contributed by atoms with E-state index < -0.39 is 0 Å². The van der Waals surface area contributed by atoms with Gasteiger partial charge in [-0.2, -0.15) is 0 Å². The molecule has 2 aromatic heterocycles. The quantitative estimate of drug-likeness (QED) is 0.821. The number of rotatable bonds is 3. The van der Waals surface area contributed by atoms with E-state index in [0.717, 1.165) is 10.7 Å². The molecule has 0 bridgehead atoms. The van der Waals surface area contributed by atoms with E-state index in [4.69, 9.17) is 5.73 Å². The second kappa shape index (κ2) is 4.54. The lowest BCUT2D eigenvalue weighted by Gasteiger charge is -1.95. The summed E-state index contributed by atoms with van der Waals surface area (Å²) < 4.78 is 0. The van der Waals surface area contributed by atoms with Crippen molar-refractivity contribution in [2.24, 2.45) is 5.73 Å². The minimum absolute atomic E-state index is 0.0355. The zero-order valence-electron chi connectivity index (χ0n) is 8.86. The summed E-state index contributed by atoms with van der Waals surface area (Å²) in [6, 6.07) is 1.55. The van der Waals surface area contributed by atoms with Crippen LogP contribution in [0.3, 0.4) is 0 Å². The second-order valence-corrected chi connectivity index (χ2v) is 4.50. The number of hydrogen-bond acceptors (Lipinski definition) is 5. The summed E-state index contributed by atoms with van der Waals surface area (Å²) in [5, 5.41) is 9.47. The van der Waals surface area contributed by atoms with Gasteiger partial charge in [0, 0.05) is 24.4 Å². The maximum Gasteiger partial charge on any atom is 0.192 e. The molecule has 0 saturated carbocycles. The predicted octanol–water partition coefficient (Wildman–Crippen LogP) is 0.703. The number of nitrogens with one attached hydrogen (secondary N) is 1. The van der Waals surface area contributed by atoms with Crippen LogP contribution in [0.5, 0.6) is 0 Å². The van der Waals surface area contributed by atoms with Crippen LogP contribution in [-0.4, -0.2) is 21.7 Å². The summed E-state index contributed by atoms with van der Waals surface area (Å²) in [6.45, 7) is 2.38. The average molecular weight is 236 g/mol. The Morgan fingerprint density at radius 2 is 2.31 bits per heavy atom. The van der Waals surface area contributed by atoms with Crippen LogP contribution in [0.25, 0.3) is 10.6 Å². The Hall–Kier alpha value is -1.53. The first-order chi connectivity index (χ1) is 7.70. The van der Waals surface area contributed by atoms with Gasteiger partial charge in [0.05, 0.1) is 5.56 Å². The lowest BCUT2D eigenvalue weighted by molar-refractivity contribution is 0.913. The summed E-state index contributed by atoms with van der Waals surface area (Å²) in [7, 11) is 0. The third kappa shape index (κ3) is 2.17. The molecule has 5 nitrogen and oxygen atoms in total. The van der Waals surface area contributed by atoms with Gasteiger partial charge < -0.3 is 10.7 Å². The van der Waals surface area contributed by atoms with Crippen LogP contribution in [0.1, 0.15) is 10.7 Å². The Bertz CT molecular complexity index is 546. The van der Waals surface area contributed by atoms with Crippen molar-refractivity contribution < 1.29 is 0 Å². The van der Waals surface area contributed by atoms with Crippen LogP contribution >= 0.6 is 11.3 Å². The molecule has 16 heavy (non-hydrogen) atoms. The summed E-state index contributed by atoms with van der Waals surface area (Å²) >= 11 is 1.41. The van der Waals surface area contributed by atoms with Crippen LogP contribution in [0, 0.1) is 6.92 Å². The molecule has 0 radical (unpaired) electrons. The molecule has 0 aliphatic rings. The molecule has 0 saturated heterocycles.